The highest BCUT2D eigenvalue weighted by atomic mass is 79.9. The number of amides is 1. The first-order chi connectivity index (χ1) is 12.0. The fraction of sp³-hybridized carbons (Fsp3) is 0.316. The van der Waals surface area contributed by atoms with Gasteiger partial charge in [0.1, 0.15) is 18.1 Å². The van der Waals surface area contributed by atoms with Crippen molar-refractivity contribution in [3.05, 3.63) is 52.5 Å². The molecule has 134 valence electrons. The molecule has 0 bridgehead atoms. The van der Waals surface area contributed by atoms with Gasteiger partial charge >= 0.3 is 0 Å². The van der Waals surface area contributed by atoms with Crippen LogP contribution in [0.25, 0.3) is 0 Å². The topological polar surface area (TPSA) is 56.8 Å². The lowest BCUT2D eigenvalue weighted by Crippen LogP contribution is -2.12. The molecule has 5 nitrogen and oxygen atoms in total. The zero-order chi connectivity index (χ0) is 18.2. The Kier molecular flexibility index (Phi) is 7.28. The Labute approximate surface area is 156 Å². The van der Waals surface area contributed by atoms with Gasteiger partial charge in [-0.15, -0.1) is 0 Å². The number of nitrogens with one attached hydrogen (secondary N) is 1. The Morgan fingerprint density at radius 3 is 2.44 bits per heavy atom. The third kappa shape index (κ3) is 6.07. The van der Waals surface area contributed by atoms with E-state index < -0.39 is 0 Å². The van der Waals surface area contributed by atoms with Crippen LogP contribution in [0.2, 0.25) is 0 Å². The van der Waals surface area contributed by atoms with Crippen molar-refractivity contribution in [2.75, 3.05) is 25.6 Å². The Balaban J connectivity index is 1.99. The molecule has 0 unspecified atom stereocenters. The van der Waals surface area contributed by atoms with E-state index in [0.717, 1.165) is 10.2 Å². The van der Waals surface area contributed by atoms with E-state index in [4.69, 9.17) is 14.2 Å². The van der Waals surface area contributed by atoms with Crippen LogP contribution >= 0.6 is 15.9 Å². The summed E-state index contributed by atoms with van der Waals surface area (Å²) in [7, 11) is 1.62. The van der Waals surface area contributed by atoms with Crippen LogP contribution in [0.5, 0.6) is 11.5 Å². The van der Waals surface area contributed by atoms with Gasteiger partial charge in [-0.25, -0.2) is 0 Å². The minimum absolute atomic E-state index is 0.113. The van der Waals surface area contributed by atoms with Crippen molar-refractivity contribution in [1.82, 2.24) is 0 Å². The Morgan fingerprint density at radius 2 is 1.84 bits per heavy atom. The monoisotopic (exact) mass is 407 g/mol. The van der Waals surface area contributed by atoms with Crippen molar-refractivity contribution in [1.29, 1.82) is 0 Å². The van der Waals surface area contributed by atoms with E-state index in [1.54, 1.807) is 25.3 Å². The number of ether oxygens (including phenoxy) is 3. The summed E-state index contributed by atoms with van der Waals surface area (Å²) in [4.78, 5) is 12.4. The molecular formula is C19H22BrNO4. The van der Waals surface area contributed by atoms with Crippen molar-refractivity contribution < 1.29 is 19.0 Å². The van der Waals surface area contributed by atoms with E-state index in [1.165, 1.54) is 0 Å². The van der Waals surface area contributed by atoms with Crippen molar-refractivity contribution in [2.45, 2.75) is 20.0 Å². The lowest BCUT2D eigenvalue weighted by Gasteiger charge is -2.11. The molecule has 0 saturated heterocycles. The number of benzene rings is 2. The quantitative estimate of drug-likeness (QED) is 0.653. The summed E-state index contributed by atoms with van der Waals surface area (Å²) < 4.78 is 16.8. The normalized spacial score (nSPS) is 10.6. The second-order valence-corrected chi connectivity index (χ2v) is 6.49. The number of carbonyl (C=O) groups is 1. The molecule has 0 atom stereocenters. The van der Waals surface area contributed by atoms with E-state index in [1.807, 2.05) is 38.1 Å². The maximum Gasteiger partial charge on any atom is 0.255 e. The molecule has 2 aromatic rings. The van der Waals surface area contributed by atoms with Crippen LogP contribution in [0.4, 0.5) is 5.69 Å². The molecule has 0 heterocycles. The van der Waals surface area contributed by atoms with Gasteiger partial charge < -0.3 is 19.5 Å². The molecule has 0 aliphatic carbocycles. The van der Waals surface area contributed by atoms with Gasteiger partial charge in [0.05, 0.1) is 17.2 Å². The maximum absolute atomic E-state index is 12.4. The first kappa shape index (κ1) is 19.3. The van der Waals surface area contributed by atoms with Crippen molar-refractivity contribution >= 4 is 27.5 Å². The molecule has 0 radical (unpaired) electrons. The minimum atomic E-state index is -0.193. The van der Waals surface area contributed by atoms with Gasteiger partial charge in [-0.1, -0.05) is 0 Å². The molecule has 0 spiro atoms. The smallest absolute Gasteiger partial charge is 0.255 e. The summed E-state index contributed by atoms with van der Waals surface area (Å²) in [6.07, 6.45) is 0.113. The summed E-state index contributed by atoms with van der Waals surface area (Å²) in [6.45, 7) is 4.89. The van der Waals surface area contributed by atoms with Crippen LogP contribution in [-0.4, -0.2) is 32.3 Å². The molecule has 25 heavy (non-hydrogen) atoms. The molecule has 2 rings (SSSR count). The highest BCUT2D eigenvalue weighted by Gasteiger charge is 2.10. The summed E-state index contributed by atoms with van der Waals surface area (Å²) in [5, 5.41) is 2.86. The first-order valence-electron chi connectivity index (χ1n) is 7.99. The van der Waals surface area contributed by atoms with Crippen LogP contribution in [0, 0.1) is 0 Å². The van der Waals surface area contributed by atoms with Crippen molar-refractivity contribution in [2.24, 2.45) is 0 Å². The molecule has 0 aliphatic rings. The number of rotatable bonds is 8. The molecular weight excluding hydrogens is 386 g/mol. The minimum Gasteiger partial charge on any atom is -0.491 e. The molecule has 6 heteroatoms. The van der Waals surface area contributed by atoms with Crippen molar-refractivity contribution in [3.8, 4) is 11.5 Å². The Bertz CT molecular complexity index is 701. The largest absolute Gasteiger partial charge is 0.491 e. The van der Waals surface area contributed by atoms with Gasteiger partial charge in [0.25, 0.3) is 5.91 Å². The van der Waals surface area contributed by atoms with E-state index in [0.29, 0.717) is 30.2 Å². The standard InChI is InChI=1S/C19H22BrNO4/c1-13(2)25-16-7-5-15(6-8-16)21-19(22)14-4-9-18(17(20)12-14)24-11-10-23-3/h4-9,12-13H,10-11H2,1-3H3,(H,21,22). The number of hydrogen-bond acceptors (Lipinski definition) is 4. The SMILES string of the molecule is COCCOc1ccc(C(=O)Nc2ccc(OC(C)C)cc2)cc1Br. The van der Waals surface area contributed by atoms with Gasteiger partial charge in [-0.2, -0.15) is 0 Å². The van der Waals surface area contributed by atoms with Crippen molar-refractivity contribution in [3.63, 3.8) is 0 Å². The lowest BCUT2D eigenvalue weighted by molar-refractivity contribution is 0.102. The predicted octanol–water partition coefficient (Wildman–Crippen LogP) is 4.51. The molecule has 0 aromatic heterocycles. The number of anilines is 1. The third-order valence-electron chi connectivity index (χ3n) is 3.22. The van der Waals surface area contributed by atoms with Crippen LogP contribution in [0.3, 0.4) is 0 Å². The lowest BCUT2D eigenvalue weighted by atomic mass is 10.2. The number of carbonyl (C=O) groups excluding carboxylic acids is 1. The van der Waals surface area contributed by atoms with Gasteiger partial charge in [-0.05, 0) is 72.2 Å². The molecule has 2 aromatic carbocycles. The summed E-state index contributed by atoms with van der Waals surface area (Å²) in [6, 6.07) is 12.5. The van der Waals surface area contributed by atoms with Gasteiger partial charge in [0.2, 0.25) is 0 Å². The molecule has 0 aliphatic heterocycles. The first-order valence-corrected chi connectivity index (χ1v) is 8.78. The average Bonchev–Trinajstić information content (AvgIpc) is 2.57. The average molecular weight is 408 g/mol. The summed E-state index contributed by atoms with van der Waals surface area (Å²) in [5.41, 5.74) is 1.24. The summed E-state index contributed by atoms with van der Waals surface area (Å²) in [5.74, 6) is 1.25. The Hall–Kier alpha value is -2.05. The second kappa shape index (κ2) is 9.44. The molecule has 1 amide bonds. The fourth-order valence-electron chi connectivity index (χ4n) is 2.09. The van der Waals surface area contributed by atoms with E-state index >= 15 is 0 Å². The van der Waals surface area contributed by atoms with Crippen LogP contribution in [0.1, 0.15) is 24.2 Å². The van der Waals surface area contributed by atoms with Crippen LogP contribution in [-0.2, 0) is 4.74 Å². The number of methoxy groups -OCH3 is 1. The summed E-state index contributed by atoms with van der Waals surface area (Å²) >= 11 is 3.42. The van der Waals surface area contributed by atoms with E-state index in [-0.39, 0.29) is 12.0 Å². The van der Waals surface area contributed by atoms with Crippen LogP contribution in [0.15, 0.2) is 46.9 Å². The molecule has 0 saturated carbocycles. The van der Waals surface area contributed by atoms with E-state index in [9.17, 15) is 4.79 Å². The third-order valence-corrected chi connectivity index (χ3v) is 3.84. The van der Waals surface area contributed by atoms with Gasteiger partial charge in [0.15, 0.2) is 0 Å². The Morgan fingerprint density at radius 1 is 1.12 bits per heavy atom. The predicted molar refractivity (Wildman–Crippen MR) is 102 cm³/mol. The fourth-order valence-corrected chi connectivity index (χ4v) is 2.58. The van der Waals surface area contributed by atoms with Gasteiger partial charge in [0, 0.05) is 18.4 Å². The molecule has 0 fully saturated rings. The number of halogens is 1. The van der Waals surface area contributed by atoms with Crippen LogP contribution < -0.4 is 14.8 Å². The zero-order valence-corrected chi connectivity index (χ0v) is 16.1. The van der Waals surface area contributed by atoms with E-state index in [2.05, 4.69) is 21.2 Å². The number of hydrogen-bond donors (Lipinski definition) is 1. The highest BCUT2D eigenvalue weighted by Crippen LogP contribution is 2.26. The van der Waals surface area contributed by atoms with Gasteiger partial charge in [-0.3, -0.25) is 4.79 Å². The maximum atomic E-state index is 12.4. The second-order valence-electron chi connectivity index (χ2n) is 5.63. The molecule has 1 N–H and O–H groups in total. The zero-order valence-electron chi connectivity index (χ0n) is 14.5. The highest BCUT2D eigenvalue weighted by molar-refractivity contribution is 9.10.